The van der Waals surface area contributed by atoms with Gasteiger partial charge in [0.25, 0.3) is 0 Å². The Hall–Kier alpha value is -2.01. The largest absolute Gasteiger partial charge is 0.497 e. The molecule has 2 aromatic rings. The van der Waals surface area contributed by atoms with Crippen LogP contribution >= 0.6 is 15.9 Å². The van der Waals surface area contributed by atoms with Crippen molar-refractivity contribution in [2.45, 2.75) is 0 Å². The van der Waals surface area contributed by atoms with Crippen LogP contribution in [0.1, 0.15) is 15.9 Å². The summed E-state index contributed by atoms with van der Waals surface area (Å²) in [6, 6.07) is 10.4. The number of ether oxygens (including phenoxy) is 3. The Morgan fingerprint density at radius 3 is 2.10 bits per heavy atom. The summed E-state index contributed by atoms with van der Waals surface area (Å²) in [7, 11) is 4.66. The Labute approximate surface area is 131 Å². The van der Waals surface area contributed by atoms with Crippen molar-refractivity contribution < 1.29 is 19.0 Å². The molecule has 0 radical (unpaired) electrons. The maximum atomic E-state index is 12.6. The first-order chi connectivity index (χ1) is 10.1. The molecule has 0 heterocycles. The minimum absolute atomic E-state index is 0.127. The topological polar surface area (TPSA) is 44.8 Å². The van der Waals surface area contributed by atoms with Crippen molar-refractivity contribution in [3.63, 3.8) is 0 Å². The maximum absolute atomic E-state index is 12.6. The number of halogens is 1. The highest BCUT2D eigenvalue weighted by molar-refractivity contribution is 9.10. The number of benzene rings is 2. The quantitative estimate of drug-likeness (QED) is 0.771. The second-order valence-corrected chi connectivity index (χ2v) is 5.01. The van der Waals surface area contributed by atoms with Crippen molar-refractivity contribution in [1.82, 2.24) is 0 Å². The molecule has 0 saturated heterocycles. The Bertz CT molecular complexity index is 650. The van der Waals surface area contributed by atoms with E-state index in [1.165, 1.54) is 7.11 Å². The minimum atomic E-state index is -0.127. The Morgan fingerprint density at radius 2 is 1.57 bits per heavy atom. The third-order valence-electron chi connectivity index (χ3n) is 3.08. The van der Waals surface area contributed by atoms with Gasteiger partial charge in [-0.3, -0.25) is 4.79 Å². The average Bonchev–Trinajstić information content (AvgIpc) is 2.54. The first-order valence-electron chi connectivity index (χ1n) is 6.21. The van der Waals surface area contributed by atoms with Crippen LogP contribution in [0.3, 0.4) is 0 Å². The predicted octanol–water partition coefficient (Wildman–Crippen LogP) is 3.71. The molecule has 0 aliphatic carbocycles. The van der Waals surface area contributed by atoms with Crippen LogP contribution < -0.4 is 14.2 Å². The van der Waals surface area contributed by atoms with Gasteiger partial charge in [0.1, 0.15) is 21.7 Å². The first kappa shape index (κ1) is 15.4. The van der Waals surface area contributed by atoms with E-state index in [9.17, 15) is 4.79 Å². The summed E-state index contributed by atoms with van der Waals surface area (Å²) in [6.07, 6.45) is 0. The van der Waals surface area contributed by atoms with Gasteiger partial charge >= 0.3 is 0 Å². The lowest BCUT2D eigenvalue weighted by Crippen LogP contribution is -2.05. The van der Waals surface area contributed by atoms with Crippen LogP contribution in [0, 0.1) is 0 Å². The van der Waals surface area contributed by atoms with E-state index < -0.39 is 0 Å². The van der Waals surface area contributed by atoms with E-state index in [1.807, 2.05) is 0 Å². The zero-order valence-corrected chi connectivity index (χ0v) is 13.6. The van der Waals surface area contributed by atoms with E-state index in [0.717, 1.165) is 0 Å². The molecule has 0 saturated carbocycles. The van der Waals surface area contributed by atoms with Gasteiger partial charge in [-0.1, -0.05) is 0 Å². The summed E-state index contributed by atoms with van der Waals surface area (Å²) in [5.41, 5.74) is 1.03. The zero-order chi connectivity index (χ0) is 15.4. The number of carbonyl (C=O) groups excluding carboxylic acids is 1. The molecule has 5 heteroatoms. The third-order valence-corrected chi connectivity index (χ3v) is 3.83. The second kappa shape index (κ2) is 6.63. The fourth-order valence-electron chi connectivity index (χ4n) is 1.97. The van der Waals surface area contributed by atoms with Crippen LogP contribution in [0.25, 0.3) is 0 Å². The van der Waals surface area contributed by atoms with Gasteiger partial charge < -0.3 is 14.2 Å². The highest BCUT2D eigenvalue weighted by Crippen LogP contribution is 2.38. The van der Waals surface area contributed by atoms with E-state index in [1.54, 1.807) is 50.6 Å². The molecule has 0 aromatic heterocycles. The molecular formula is C16H15BrO4. The molecule has 0 aliphatic heterocycles. The Kier molecular flexibility index (Phi) is 4.85. The van der Waals surface area contributed by atoms with E-state index >= 15 is 0 Å². The number of hydrogen-bond acceptors (Lipinski definition) is 4. The molecule has 0 fully saturated rings. The van der Waals surface area contributed by atoms with E-state index in [0.29, 0.717) is 32.8 Å². The van der Waals surface area contributed by atoms with Crippen molar-refractivity contribution in [1.29, 1.82) is 0 Å². The van der Waals surface area contributed by atoms with Crippen LogP contribution in [-0.4, -0.2) is 27.1 Å². The lowest BCUT2D eigenvalue weighted by molar-refractivity contribution is 0.103. The predicted molar refractivity (Wildman–Crippen MR) is 83.7 cm³/mol. The molecule has 0 amide bonds. The highest BCUT2D eigenvalue weighted by Gasteiger charge is 2.19. The lowest BCUT2D eigenvalue weighted by Gasteiger charge is -2.12. The summed E-state index contributed by atoms with van der Waals surface area (Å²) in [5.74, 6) is 1.64. The van der Waals surface area contributed by atoms with Gasteiger partial charge in [0.15, 0.2) is 5.78 Å². The van der Waals surface area contributed by atoms with Gasteiger partial charge in [0, 0.05) is 5.56 Å². The maximum Gasteiger partial charge on any atom is 0.196 e. The molecule has 2 aromatic carbocycles. The highest BCUT2D eigenvalue weighted by atomic mass is 79.9. The summed E-state index contributed by atoms with van der Waals surface area (Å²) < 4.78 is 16.2. The molecule has 110 valence electrons. The van der Waals surface area contributed by atoms with Crippen molar-refractivity contribution in [3.8, 4) is 17.2 Å². The summed E-state index contributed by atoms with van der Waals surface area (Å²) in [6.45, 7) is 0. The van der Waals surface area contributed by atoms with Crippen molar-refractivity contribution in [3.05, 3.63) is 52.0 Å². The van der Waals surface area contributed by atoms with E-state index in [-0.39, 0.29) is 5.78 Å². The molecule has 0 spiro atoms. The van der Waals surface area contributed by atoms with Crippen LogP contribution in [0.4, 0.5) is 0 Å². The van der Waals surface area contributed by atoms with E-state index in [4.69, 9.17) is 14.2 Å². The normalized spacial score (nSPS) is 10.1. The van der Waals surface area contributed by atoms with Gasteiger partial charge in [-0.25, -0.2) is 0 Å². The standard InChI is InChI=1S/C16H15BrO4/c1-19-11-6-4-10(5-7-11)15(18)12-8-9-13(20-2)14(17)16(12)21-3/h4-9H,1-3H3. The summed E-state index contributed by atoms with van der Waals surface area (Å²) >= 11 is 3.39. The monoisotopic (exact) mass is 350 g/mol. The molecule has 0 bridgehead atoms. The number of hydrogen-bond donors (Lipinski definition) is 0. The molecule has 4 nitrogen and oxygen atoms in total. The van der Waals surface area contributed by atoms with Crippen LogP contribution in [0.2, 0.25) is 0 Å². The number of methoxy groups -OCH3 is 3. The number of carbonyl (C=O) groups is 1. The Morgan fingerprint density at radius 1 is 0.905 bits per heavy atom. The first-order valence-corrected chi connectivity index (χ1v) is 7.01. The SMILES string of the molecule is COc1ccc(C(=O)c2ccc(OC)c(Br)c2OC)cc1. The zero-order valence-electron chi connectivity index (χ0n) is 12.0. The van der Waals surface area contributed by atoms with Crippen molar-refractivity contribution in [2.24, 2.45) is 0 Å². The minimum Gasteiger partial charge on any atom is -0.497 e. The lowest BCUT2D eigenvalue weighted by atomic mass is 10.0. The van der Waals surface area contributed by atoms with Gasteiger partial charge in [-0.05, 0) is 52.3 Å². The van der Waals surface area contributed by atoms with Crippen LogP contribution in [0.5, 0.6) is 17.2 Å². The molecule has 0 unspecified atom stereocenters. The molecule has 0 N–H and O–H groups in total. The smallest absolute Gasteiger partial charge is 0.196 e. The van der Waals surface area contributed by atoms with Gasteiger partial charge in [0.05, 0.1) is 26.9 Å². The number of ketones is 1. The van der Waals surface area contributed by atoms with Crippen molar-refractivity contribution >= 4 is 21.7 Å². The van der Waals surface area contributed by atoms with Gasteiger partial charge in [-0.2, -0.15) is 0 Å². The van der Waals surface area contributed by atoms with Crippen LogP contribution in [0.15, 0.2) is 40.9 Å². The molecular weight excluding hydrogens is 336 g/mol. The molecule has 0 aliphatic rings. The summed E-state index contributed by atoms with van der Waals surface area (Å²) in [4.78, 5) is 12.6. The van der Waals surface area contributed by atoms with Crippen LogP contribution in [-0.2, 0) is 0 Å². The fourth-order valence-corrected chi connectivity index (χ4v) is 2.64. The Balaban J connectivity index is 2.45. The molecule has 2 rings (SSSR count). The van der Waals surface area contributed by atoms with Gasteiger partial charge in [-0.15, -0.1) is 0 Å². The summed E-state index contributed by atoms with van der Waals surface area (Å²) in [5, 5.41) is 0. The fraction of sp³-hybridized carbons (Fsp3) is 0.188. The van der Waals surface area contributed by atoms with Crippen molar-refractivity contribution in [2.75, 3.05) is 21.3 Å². The number of rotatable bonds is 5. The average molecular weight is 351 g/mol. The van der Waals surface area contributed by atoms with E-state index in [2.05, 4.69) is 15.9 Å². The van der Waals surface area contributed by atoms with Gasteiger partial charge in [0.2, 0.25) is 0 Å². The second-order valence-electron chi connectivity index (χ2n) is 4.22. The third kappa shape index (κ3) is 3.03. The molecule has 0 atom stereocenters. The molecule has 21 heavy (non-hydrogen) atoms.